The van der Waals surface area contributed by atoms with Crippen LogP contribution in [0.1, 0.15) is 16.8 Å². The Morgan fingerprint density at radius 2 is 2.11 bits per heavy atom. The smallest absolute Gasteiger partial charge is 0.201 e. The fourth-order valence-corrected chi connectivity index (χ4v) is 2.79. The molecule has 0 spiro atoms. The molecule has 102 valence electrons. The first-order valence-electron chi connectivity index (χ1n) is 6.13. The van der Waals surface area contributed by atoms with Gasteiger partial charge < -0.3 is 15.0 Å². The normalized spacial score (nSPS) is 10.7. The number of anilines is 1. The molecule has 0 unspecified atom stereocenters. The molecule has 0 fully saturated rings. The molecule has 19 heavy (non-hydrogen) atoms. The largest absolute Gasteiger partial charge is 0.496 e. The van der Waals surface area contributed by atoms with Crippen LogP contribution in [0.5, 0.6) is 5.75 Å². The van der Waals surface area contributed by atoms with E-state index in [0.29, 0.717) is 5.95 Å². The monoisotopic (exact) mass is 323 g/mol. The van der Waals surface area contributed by atoms with Gasteiger partial charge in [0.25, 0.3) is 0 Å². The van der Waals surface area contributed by atoms with E-state index in [9.17, 15) is 0 Å². The van der Waals surface area contributed by atoms with Gasteiger partial charge in [-0.2, -0.15) is 0 Å². The Kier molecular flexibility index (Phi) is 4.14. The van der Waals surface area contributed by atoms with E-state index in [-0.39, 0.29) is 0 Å². The Labute approximate surface area is 121 Å². The molecule has 0 saturated carbocycles. The zero-order valence-corrected chi connectivity index (χ0v) is 13.0. The molecular formula is C14H18BrN3O. The van der Waals surface area contributed by atoms with Crippen molar-refractivity contribution in [2.75, 3.05) is 12.8 Å². The van der Waals surface area contributed by atoms with Gasteiger partial charge in [0.05, 0.1) is 12.8 Å². The number of benzene rings is 1. The van der Waals surface area contributed by atoms with Gasteiger partial charge in [0.1, 0.15) is 10.4 Å². The van der Waals surface area contributed by atoms with Crippen LogP contribution in [-0.4, -0.2) is 16.7 Å². The van der Waals surface area contributed by atoms with Crippen molar-refractivity contribution in [1.82, 2.24) is 9.55 Å². The first-order valence-corrected chi connectivity index (χ1v) is 6.92. The maximum atomic E-state index is 5.79. The van der Waals surface area contributed by atoms with Crippen molar-refractivity contribution in [2.45, 2.75) is 19.8 Å². The number of hydrogen-bond donors (Lipinski definition) is 1. The molecule has 1 aromatic heterocycles. The summed E-state index contributed by atoms with van der Waals surface area (Å²) in [6.45, 7) is 2.08. The molecule has 2 aromatic rings. The molecule has 0 bridgehead atoms. The van der Waals surface area contributed by atoms with Crippen LogP contribution in [0.2, 0.25) is 0 Å². The van der Waals surface area contributed by atoms with E-state index in [4.69, 9.17) is 10.5 Å². The van der Waals surface area contributed by atoms with Crippen LogP contribution in [0.3, 0.4) is 0 Å². The van der Waals surface area contributed by atoms with E-state index in [1.807, 2.05) is 17.7 Å². The van der Waals surface area contributed by atoms with Crippen LogP contribution in [0.25, 0.3) is 0 Å². The van der Waals surface area contributed by atoms with E-state index in [2.05, 4.69) is 40.0 Å². The molecule has 5 heteroatoms. The number of nitrogens with zero attached hydrogens (tertiary/aromatic N) is 2. The van der Waals surface area contributed by atoms with Crippen LogP contribution in [-0.2, 0) is 19.9 Å². The van der Waals surface area contributed by atoms with Gasteiger partial charge in [-0.25, -0.2) is 4.98 Å². The highest BCUT2D eigenvalue weighted by Gasteiger charge is 2.12. The zero-order chi connectivity index (χ0) is 14.0. The summed E-state index contributed by atoms with van der Waals surface area (Å²) in [6.07, 6.45) is 1.75. The molecule has 0 aliphatic rings. The fraction of sp³-hybridized carbons (Fsp3) is 0.357. The van der Waals surface area contributed by atoms with Gasteiger partial charge in [0.2, 0.25) is 5.95 Å². The average Bonchev–Trinajstić information content (AvgIpc) is 2.61. The minimum absolute atomic E-state index is 0.526. The van der Waals surface area contributed by atoms with Crippen molar-refractivity contribution in [3.63, 3.8) is 0 Å². The Bertz CT molecular complexity index is 593. The van der Waals surface area contributed by atoms with Gasteiger partial charge in [0, 0.05) is 7.05 Å². The lowest BCUT2D eigenvalue weighted by atomic mass is 10.0. The number of ether oxygens (including phenoxy) is 1. The zero-order valence-electron chi connectivity index (χ0n) is 11.4. The van der Waals surface area contributed by atoms with Crippen molar-refractivity contribution in [3.05, 3.63) is 39.6 Å². The van der Waals surface area contributed by atoms with Crippen LogP contribution in [0.4, 0.5) is 5.95 Å². The number of aromatic nitrogens is 2. The molecule has 1 aromatic carbocycles. The maximum absolute atomic E-state index is 5.79. The molecule has 0 aliphatic heterocycles. The summed E-state index contributed by atoms with van der Waals surface area (Å²) in [7, 11) is 3.63. The van der Waals surface area contributed by atoms with Crippen molar-refractivity contribution in [2.24, 2.45) is 7.05 Å². The highest BCUT2D eigenvalue weighted by Crippen LogP contribution is 2.24. The van der Waals surface area contributed by atoms with Crippen LogP contribution >= 0.6 is 15.9 Å². The predicted molar refractivity (Wildman–Crippen MR) is 80.5 cm³/mol. The number of rotatable bonds is 4. The first-order chi connectivity index (χ1) is 9.02. The molecule has 2 rings (SSSR count). The summed E-state index contributed by atoms with van der Waals surface area (Å²) >= 11 is 3.45. The number of aryl methyl sites for hydroxylation is 2. The summed E-state index contributed by atoms with van der Waals surface area (Å²) in [4.78, 5) is 4.21. The van der Waals surface area contributed by atoms with E-state index < -0.39 is 0 Å². The van der Waals surface area contributed by atoms with Crippen molar-refractivity contribution in [3.8, 4) is 5.75 Å². The first kappa shape index (κ1) is 13.9. The van der Waals surface area contributed by atoms with Crippen molar-refractivity contribution >= 4 is 21.9 Å². The van der Waals surface area contributed by atoms with Crippen LogP contribution in [0, 0.1) is 6.92 Å². The van der Waals surface area contributed by atoms with Gasteiger partial charge in [0.15, 0.2) is 0 Å². The lowest BCUT2D eigenvalue weighted by Crippen LogP contribution is -2.04. The number of nitrogen functional groups attached to an aromatic ring is 1. The minimum atomic E-state index is 0.526. The third kappa shape index (κ3) is 2.92. The SMILES string of the molecule is COc1ccc(C)cc1CCc1c(Br)nc(N)n1C. The molecule has 4 nitrogen and oxygen atoms in total. The summed E-state index contributed by atoms with van der Waals surface area (Å²) in [5.74, 6) is 1.45. The summed E-state index contributed by atoms with van der Waals surface area (Å²) < 4.78 is 8.12. The molecule has 0 aliphatic carbocycles. The Balaban J connectivity index is 2.21. The lowest BCUT2D eigenvalue weighted by molar-refractivity contribution is 0.409. The molecule has 1 heterocycles. The summed E-state index contributed by atoms with van der Waals surface area (Å²) in [5, 5.41) is 0. The van der Waals surface area contributed by atoms with Crippen LogP contribution < -0.4 is 10.5 Å². The van der Waals surface area contributed by atoms with Crippen molar-refractivity contribution < 1.29 is 4.74 Å². The third-order valence-corrected chi connectivity index (χ3v) is 3.90. The van der Waals surface area contributed by atoms with Crippen molar-refractivity contribution in [1.29, 1.82) is 0 Å². The quantitative estimate of drug-likeness (QED) is 0.941. The fourth-order valence-electron chi connectivity index (χ4n) is 2.14. The third-order valence-electron chi connectivity index (χ3n) is 3.27. The van der Waals surface area contributed by atoms with E-state index in [0.717, 1.165) is 28.9 Å². The van der Waals surface area contributed by atoms with E-state index >= 15 is 0 Å². The van der Waals surface area contributed by atoms with E-state index in [1.54, 1.807) is 7.11 Å². The van der Waals surface area contributed by atoms with Gasteiger partial charge in [-0.15, -0.1) is 0 Å². The Hall–Kier alpha value is -1.49. The Morgan fingerprint density at radius 3 is 2.68 bits per heavy atom. The molecule has 2 N–H and O–H groups in total. The number of imidazole rings is 1. The van der Waals surface area contributed by atoms with Gasteiger partial charge >= 0.3 is 0 Å². The van der Waals surface area contributed by atoms with Gasteiger partial charge in [-0.05, 0) is 47.3 Å². The second kappa shape index (κ2) is 5.65. The summed E-state index contributed by atoms with van der Waals surface area (Å²) in [6, 6.07) is 6.23. The predicted octanol–water partition coefficient (Wildman–Crippen LogP) is 2.87. The number of hydrogen-bond acceptors (Lipinski definition) is 3. The van der Waals surface area contributed by atoms with Gasteiger partial charge in [-0.1, -0.05) is 17.7 Å². The second-order valence-electron chi connectivity index (χ2n) is 4.58. The Morgan fingerprint density at radius 1 is 1.37 bits per heavy atom. The average molecular weight is 324 g/mol. The molecule has 0 radical (unpaired) electrons. The minimum Gasteiger partial charge on any atom is -0.496 e. The number of methoxy groups -OCH3 is 1. The highest BCUT2D eigenvalue weighted by atomic mass is 79.9. The van der Waals surface area contributed by atoms with Gasteiger partial charge in [-0.3, -0.25) is 0 Å². The molecule has 0 amide bonds. The molecule has 0 atom stereocenters. The standard InChI is InChI=1S/C14H18BrN3O/c1-9-4-7-12(19-3)10(8-9)5-6-11-13(15)17-14(16)18(11)2/h4,7-8H,5-6H2,1-3H3,(H2,16,17). The topological polar surface area (TPSA) is 53.1 Å². The van der Waals surface area contributed by atoms with E-state index in [1.165, 1.54) is 11.1 Å². The number of nitrogens with two attached hydrogens (primary N) is 1. The summed E-state index contributed by atoms with van der Waals surface area (Å²) in [5.41, 5.74) is 9.32. The molecular weight excluding hydrogens is 306 g/mol. The molecule has 0 saturated heterocycles. The number of halogens is 1. The maximum Gasteiger partial charge on any atom is 0.201 e. The highest BCUT2D eigenvalue weighted by molar-refractivity contribution is 9.10. The van der Waals surface area contributed by atoms with Crippen LogP contribution in [0.15, 0.2) is 22.8 Å². The lowest BCUT2D eigenvalue weighted by Gasteiger charge is -2.10. The second-order valence-corrected chi connectivity index (χ2v) is 5.33.